The number of ether oxygens (including phenoxy) is 1. The summed E-state index contributed by atoms with van der Waals surface area (Å²) >= 11 is 0. The van der Waals surface area contributed by atoms with Crippen molar-refractivity contribution in [3.8, 4) is 11.5 Å². The van der Waals surface area contributed by atoms with E-state index in [-0.39, 0.29) is 23.7 Å². The third kappa shape index (κ3) is 8.74. The van der Waals surface area contributed by atoms with E-state index < -0.39 is 11.6 Å². The number of carbonyl (C=O) groups excluding carboxylic acids is 1. The molecule has 0 spiro atoms. The SMILES string of the molecule is CC(=CCCC(C)C)c1ccc(COC(=O)c2ccc([C@@](C)(O)CCCC(C)C)c(O)c2)cc1O. The van der Waals surface area contributed by atoms with Gasteiger partial charge in [-0.2, -0.15) is 0 Å². The van der Waals surface area contributed by atoms with Gasteiger partial charge >= 0.3 is 5.97 Å². The molecule has 0 unspecified atom stereocenters. The van der Waals surface area contributed by atoms with Crippen molar-refractivity contribution in [3.05, 3.63) is 64.7 Å². The van der Waals surface area contributed by atoms with Crippen molar-refractivity contribution in [1.82, 2.24) is 0 Å². The first-order valence-electron chi connectivity index (χ1n) is 12.6. The summed E-state index contributed by atoms with van der Waals surface area (Å²) in [7, 11) is 0. The van der Waals surface area contributed by atoms with Gasteiger partial charge in [-0.05, 0) is 80.7 Å². The smallest absolute Gasteiger partial charge is 0.338 e. The Kier molecular flexibility index (Phi) is 10.4. The molecule has 2 aromatic rings. The summed E-state index contributed by atoms with van der Waals surface area (Å²) in [5.74, 6) is 0.615. The van der Waals surface area contributed by atoms with E-state index in [4.69, 9.17) is 4.74 Å². The summed E-state index contributed by atoms with van der Waals surface area (Å²) in [5, 5.41) is 31.7. The van der Waals surface area contributed by atoms with E-state index in [2.05, 4.69) is 33.8 Å². The van der Waals surface area contributed by atoms with Crippen molar-refractivity contribution in [2.45, 2.75) is 85.9 Å². The van der Waals surface area contributed by atoms with Gasteiger partial charge in [0.2, 0.25) is 0 Å². The van der Waals surface area contributed by atoms with Gasteiger partial charge in [0.25, 0.3) is 0 Å². The van der Waals surface area contributed by atoms with Gasteiger partial charge in [0, 0.05) is 11.1 Å². The van der Waals surface area contributed by atoms with Crippen LogP contribution in [-0.4, -0.2) is 21.3 Å². The highest BCUT2D eigenvalue weighted by atomic mass is 16.5. The van der Waals surface area contributed by atoms with E-state index in [1.54, 1.807) is 25.1 Å². The summed E-state index contributed by atoms with van der Waals surface area (Å²) in [4.78, 5) is 12.5. The fourth-order valence-corrected chi connectivity index (χ4v) is 4.08. The lowest BCUT2D eigenvalue weighted by molar-refractivity contribution is 0.0409. The van der Waals surface area contributed by atoms with Crippen LogP contribution in [0.3, 0.4) is 0 Å². The molecule has 0 saturated carbocycles. The van der Waals surface area contributed by atoms with Gasteiger partial charge in [-0.25, -0.2) is 4.79 Å². The van der Waals surface area contributed by atoms with Gasteiger partial charge in [0.1, 0.15) is 18.1 Å². The molecule has 0 aliphatic heterocycles. The van der Waals surface area contributed by atoms with Crippen LogP contribution < -0.4 is 0 Å². The molecule has 35 heavy (non-hydrogen) atoms. The zero-order valence-corrected chi connectivity index (χ0v) is 22.1. The molecule has 0 aliphatic carbocycles. The highest BCUT2D eigenvalue weighted by molar-refractivity contribution is 5.90. The molecule has 2 rings (SSSR count). The average molecular weight is 483 g/mol. The first kappa shape index (κ1) is 28.4. The lowest BCUT2D eigenvalue weighted by Gasteiger charge is -2.25. The molecule has 0 saturated heterocycles. The zero-order chi connectivity index (χ0) is 26.2. The number of hydrogen-bond acceptors (Lipinski definition) is 5. The molecule has 2 aromatic carbocycles. The van der Waals surface area contributed by atoms with E-state index in [9.17, 15) is 20.1 Å². The van der Waals surface area contributed by atoms with Crippen LogP contribution in [0.2, 0.25) is 0 Å². The van der Waals surface area contributed by atoms with Crippen LogP contribution in [0.25, 0.3) is 5.57 Å². The largest absolute Gasteiger partial charge is 0.508 e. The highest BCUT2D eigenvalue weighted by Crippen LogP contribution is 2.34. The summed E-state index contributed by atoms with van der Waals surface area (Å²) in [5.41, 5.74) is 1.88. The standard InChI is InChI=1S/C30H42O5/c1-20(2)9-7-11-22(5)25-14-12-23(17-27(25)31)19-35-29(33)24-13-15-26(28(32)18-24)30(6,34)16-8-10-21(3)4/h11-15,17-18,20-21,31-32,34H,7-10,16,19H2,1-6H3/t30-/m0/s1. The van der Waals surface area contributed by atoms with Gasteiger partial charge in [-0.15, -0.1) is 0 Å². The summed E-state index contributed by atoms with van der Waals surface area (Å²) < 4.78 is 5.39. The van der Waals surface area contributed by atoms with Crippen LogP contribution in [0.1, 0.15) is 101 Å². The molecule has 192 valence electrons. The molecule has 0 amide bonds. The molecule has 0 aliphatic rings. The number of aliphatic hydroxyl groups is 1. The predicted molar refractivity (Wildman–Crippen MR) is 141 cm³/mol. The second-order valence-electron chi connectivity index (χ2n) is 10.6. The van der Waals surface area contributed by atoms with Crippen molar-refractivity contribution in [2.75, 3.05) is 0 Å². The van der Waals surface area contributed by atoms with Crippen molar-refractivity contribution in [2.24, 2.45) is 11.8 Å². The number of benzene rings is 2. The lowest BCUT2D eigenvalue weighted by atomic mass is 9.88. The van der Waals surface area contributed by atoms with Gasteiger partial charge in [0.05, 0.1) is 11.2 Å². The van der Waals surface area contributed by atoms with Gasteiger partial charge in [-0.1, -0.05) is 58.4 Å². The van der Waals surface area contributed by atoms with Gasteiger partial charge in [-0.3, -0.25) is 0 Å². The van der Waals surface area contributed by atoms with Crippen LogP contribution in [-0.2, 0) is 16.9 Å². The van der Waals surface area contributed by atoms with Crippen molar-refractivity contribution >= 4 is 11.5 Å². The number of carbonyl (C=O) groups is 1. The lowest BCUT2D eigenvalue weighted by Crippen LogP contribution is -2.21. The van der Waals surface area contributed by atoms with E-state index in [0.717, 1.165) is 36.8 Å². The molecule has 0 aromatic heterocycles. The normalized spacial score (nSPS) is 13.8. The van der Waals surface area contributed by atoms with Gasteiger partial charge in [0.15, 0.2) is 0 Å². The second-order valence-corrected chi connectivity index (χ2v) is 10.6. The van der Waals surface area contributed by atoms with Crippen LogP contribution in [0.15, 0.2) is 42.5 Å². The first-order chi connectivity index (χ1) is 16.4. The number of allylic oxidation sites excluding steroid dienone is 2. The van der Waals surface area contributed by atoms with Crippen molar-refractivity contribution in [1.29, 1.82) is 0 Å². The Morgan fingerprint density at radius 1 is 1.00 bits per heavy atom. The van der Waals surface area contributed by atoms with Crippen LogP contribution >= 0.6 is 0 Å². The third-order valence-corrected chi connectivity index (χ3v) is 6.31. The molecule has 0 fully saturated rings. The van der Waals surface area contributed by atoms with E-state index in [0.29, 0.717) is 29.4 Å². The molecular formula is C30H42O5. The Labute approximate surface area is 210 Å². The molecule has 0 radical (unpaired) electrons. The Morgan fingerprint density at radius 3 is 2.29 bits per heavy atom. The maximum Gasteiger partial charge on any atom is 0.338 e. The summed E-state index contributed by atoms with van der Waals surface area (Å²) in [6, 6.07) is 9.74. The van der Waals surface area contributed by atoms with Gasteiger partial charge < -0.3 is 20.1 Å². The molecule has 0 heterocycles. The topological polar surface area (TPSA) is 87.0 Å². The second kappa shape index (κ2) is 12.8. The van der Waals surface area contributed by atoms with Crippen LogP contribution in [0.4, 0.5) is 0 Å². The quantitative estimate of drug-likeness (QED) is 0.276. The van der Waals surface area contributed by atoms with E-state index in [1.807, 2.05) is 19.1 Å². The Bertz CT molecular complexity index is 1020. The number of hydrogen-bond donors (Lipinski definition) is 3. The molecule has 3 N–H and O–H groups in total. The van der Waals surface area contributed by atoms with Crippen LogP contribution in [0, 0.1) is 11.8 Å². The molecule has 1 atom stereocenters. The van der Waals surface area contributed by atoms with Crippen molar-refractivity contribution in [3.63, 3.8) is 0 Å². The molecular weight excluding hydrogens is 440 g/mol. The Hall–Kier alpha value is -2.79. The first-order valence-corrected chi connectivity index (χ1v) is 12.6. The Balaban J connectivity index is 2.01. The predicted octanol–water partition coefficient (Wildman–Crippen LogP) is 7.33. The number of esters is 1. The molecule has 5 nitrogen and oxygen atoms in total. The maximum atomic E-state index is 12.5. The average Bonchev–Trinajstić information content (AvgIpc) is 2.76. The van der Waals surface area contributed by atoms with E-state index in [1.165, 1.54) is 6.07 Å². The summed E-state index contributed by atoms with van der Waals surface area (Å²) in [6.45, 7) is 12.3. The monoisotopic (exact) mass is 482 g/mol. The minimum atomic E-state index is -1.18. The number of phenolic OH excluding ortho intramolecular Hbond substituents is 2. The summed E-state index contributed by atoms with van der Waals surface area (Å²) in [6.07, 6.45) is 6.54. The minimum Gasteiger partial charge on any atom is -0.508 e. The number of phenols is 2. The molecule has 0 bridgehead atoms. The fraction of sp³-hybridized carbons (Fsp3) is 0.500. The third-order valence-electron chi connectivity index (χ3n) is 6.31. The fourth-order valence-electron chi connectivity index (χ4n) is 4.08. The minimum absolute atomic E-state index is 0.00177. The highest BCUT2D eigenvalue weighted by Gasteiger charge is 2.27. The van der Waals surface area contributed by atoms with Crippen LogP contribution in [0.5, 0.6) is 11.5 Å². The number of rotatable bonds is 12. The van der Waals surface area contributed by atoms with E-state index >= 15 is 0 Å². The maximum absolute atomic E-state index is 12.5. The Morgan fingerprint density at radius 2 is 1.69 bits per heavy atom. The zero-order valence-electron chi connectivity index (χ0n) is 22.1. The van der Waals surface area contributed by atoms with Crippen molar-refractivity contribution < 1.29 is 24.9 Å². The molecule has 5 heteroatoms. The number of aromatic hydroxyl groups is 2.